The van der Waals surface area contributed by atoms with Crippen LogP contribution in [0.15, 0.2) is 27.5 Å². The number of hydrogen-bond donors (Lipinski definition) is 0. The lowest BCUT2D eigenvalue weighted by Crippen LogP contribution is -2.50. The monoisotopic (exact) mass is 394 g/mol. The van der Waals surface area contributed by atoms with Gasteiger partial charge in [0.1, 0.15) is 13.2 Å². The van der Waals surface area contributed by atoms with E-state index in [4.69, 9.17) is 13.9 Å². The van der Waals surface area contributed by atoms with Gasteiger partial charge >= 0.3 is 11.8 Å². The molecule has 0 radical (unpaired) electrons. The highest BCUT2D eigenvalue weighted by Gasteiger charge is 2.32. The Hall–Kier alpha value is -2.66. The number of carbonyl (C=O) groups excluding carboxylic acids is 1. The van der Waals surface area contributed by atoms with Crippen LogP contribution in [0.3, 0.4) is 0 Å². The molecule has 144 valence electrons. The van der Waals surface area contributed by atoms with Gasteiger partial charge in [0.15, 0.2) is 11.5 Å². The highest BCUT2D eigenvalue weighted by atomic mass is 32.2. The minimum atomic E-state index is -3.70. The molecule has 4 rings (SSSR count). The van der Waals surface area contributed by atoms with Crippen molar-refractivity contribution in [2.45, 2.75) is 11.8 Å². The number of benzene rings is 1. The second-order valence-corrected chi connectivity index (χ2v) is 8.07. The lowest BCUT2D eigenvalue weighted by Gasteiger charge is -2.33. The van der Waals surface area contributed by atoms with E-state index in [1.165, 1.54) is 21.3 Å². The van der Waals surface area contributed by atoms with E-state index in [0.29, 0.717) is 30.6 Å². The van der Waals surface area contributed by atoms with E-state index in [2.05, 4.69) is 10.2 Å². The number of piperazine rings is 1. The summed E-state index contributed by atoms with van der Waals surface area (Å²) in [5.41, 5.74) is 0. The average molecular weight is 394 g/mol. The Bertz CT molecular complexity index is 965. The molecular formula is C16H18N4O6S. The number of fused-ring (bicyclic) bond motifs is 1. The van der Waals surface area contributed by atoms with Gasteiger partial charge in [-0.2, -0.15) is 4.31 Å². The van der Waals surface area contributed by atoms with Crippen molar-refractivity contribution in [3.63, 3.8) is 0 Å². The zero-order valence-electron chi connectivity index (χ0n) is 14.6. The van der Waals surface area contributed by atoms with E-state index < -0.39 is 15.9 Å². The topological polar surface area (TPSA) is 115 Å². The lowest BCUT2D eigenvalue weighted by atomic mass is 10.3. The normalized spacial score (nSPS) is 17.7. The van der Waals surface area contributed by atoms with Crippen molar-refractivity contribution in [1.29, 1.82) is 0 Å². The van der Waals surface area contributed by atoms with Gasteiger partial charge in [0.25, 0.3) is 0 Å². The van der Waals surface area contributed by atoms with Crippen LogP contribution < -0.4 is 9.47 Å². The van der Waals surface area contributed by atoms with Crippen LogP contribution in [-0.4, -0.2) is 73.1 Å². The van der Waals surface area contributed by atoms with Crippen LogP contribution in [-0.2, 0) is 10.0 Å². The molecule has 11 heteroatoms. The van der Waals surface area contributed by atoms with Crippen molar-refractivity contribution in [2.24, 2.45) is 0 Å². The van der Waals surface area contributed by atoms with Gasteiger partial charge in [0.05, 0.1) is 4.90 Å². The number of aryl methyl sites for hydroxylation is 1. The molecule has 10 nitrogen and oxygen atoms in total. The quantitative estimate of drug-likeness (QED) is 0.730. The summed E-state index contributed by atoms with van der Waals surface area (Å²) in [4.78, 5) is 14.0. The molecule has 3 heterocycles. The van der Waals surface area contributed by atoms with Gasteiger partial charge < -0.3 is 18.8 Å². The Morgan fingerprint density at radius 1 is 1.04 bits per heavy atom. The molecule has 0 atom stereocenters. The molecule has 1 aromatic carbocycles. The zero-order chi connectivity index (χ0) is 19.0. The number of ether oxygens (including phenoxy) is 2. The van der Waals surface area contributed by atoms with E-state index in [-0.39, 0.29) is 37.0 Å². The van der Waals surface area contributed by atoms with Gasteiger partial charge in [0.2, 0.25) is 15.9 Å². The molecule has 0 bridgehead atoms. The minimum Gasteiger partial charge on any atom is -0.486 e. The molecule has 0 N–H and O–H groups in total. The summed E-state index contributed by atoms with van der Waals surface area (Å²) < 4.78 is 43.2. The Kier molecular flexibility index (Phi) is 4.48. The Morgan fingerprint density at radius 2 is 1.74 bits per heavy atom. The number of amides is 1. The number of aromatic nitrogens is 2. The number of hydrogen-bond acceptors (Lipinski definition) is 8. The molecular weight excluding hydrogens is 376 g/mol. The standard InChI is InChI=1S/C16H18N4O6S/c1-11-17-18-15(26-11)16(21)19-4-6-20(7-5-19)27(22,23)12-2-3-13-14(10-12)25-9-8-24-13/h2-3,10H,4-9H2,1H3. The van der Waals surface area contributed by atoms with Crippen LogP contribution in [0, 0.1) is 6.92 Å². The van der Waals surface area contributed by atoms with Crippen LogP contribution in [0.4, 0.5) is 0 Å². The maximum absolute atomic E-state index is 12.9. The first-order valence-corrected chi connectivity index (χ1v) is 9.88. The summed E-state index contributed by atoms with van der Waals surface area (Å²) in [6.07, 6.45) is 0. The van der Waals surface area contributed by atoms with Gasteiger partial charge in [0, 0.05) is 39.2 Å². The molecule has 1 fully saturated rings. The van der Waals surface area contributed by atoms with Gasteiger partial charge in [-0.25, -0.2) is 8.42 Å². The first-order valence-electron chi connectivity index (χ1n) is 8.44. The third-order valence-electron chi connectivity index (χ3n) is 4.39. The number of carbonyl (C=O) groups is 1. The SMILES string of the molecule is Cc1nnc(C(=O)N2CCN(S(=O)(=O)c3ccc4c(c3)OCCO4)CC2)o1. The van der Waals surface area contributed by atoms with Crippen LogP contribution in [0.2, 0.25) is 0 Å². The molecule has 0 spiro atoms. The molecule has 2 aromatic rings. The first kappa shape index (κ1) is 17.7. The third-order valence-corrected chi connectivity index (χ3v) is 6.28. The maximum Gasteiger partial charge on any atom is 0.311 e. The van der Waals surface area contributed by atoms with Gasteiger partial charge in [-0.05, 0) is 12.1 Å². The van der Waals surface area contributed by atoms with Gasteiger partial charge in [-0.1, -0.05) is 0 Å². The van der Waals surface area contributed by atoms with E-state index in [9.17, 15) is 13.2 Å². The van der Waals surface area contributed by atoms with E-state index >= 15 is 0 Å². The summed E-state index contributed by atoms with van der Waals surface area (Å²) in [6, 6.07) is 4.57. The summed E-state index contributed by atoms with van der Waals surface area (Å²) in [7, 11) is -3.70. The number of nitrogens with zero attached hydrogens (tertiary/aromatic N) is 4. The number of sulfonamides is 1. The molecule has 0 aliphatic carbocycles. The average Bonchev–Trinajstić information content (AvgIpc) is 3.13. The second kappa shape index (κ2) is 6.82. The fourth-order valence-electron chi connectivity index (χ4n) is 2.98. The summed E-state index contributed by atoms with van der Waals surface area (Å²) in [5, 5.41) is 7.35. The smallest absolute Gasteiger partial charge is 0.311 e. The van der Waals surface area contributed by atoms with Crippen molar-refractivity contribution in [3.8, 4) is 11.5 Å². The molecule has 2 aliphatic rings. The molecule has 0 unspecified atom stereocenters. The Labute approximate surface area is 155 Å². The molecule has 1 aromatic heterocycles. The van der Waals surface area contributed by atoms with Crippen molar-refractivity contribution in [3.05, 3.63) is 30.0 Å². The summed E-state index contributed by atoms with van der Waals surface area (Å²) in [6.45, 7) is 3.25. The first-order chi connectivity index (χ1) is 12.9. The predicted molar refractivity (Wildman–Crippen MR) is 91.1 cm³/mol. The highest BCUT2D eigenvalue weighted by molar-refractivity contribution is 7.89. The lowest BCUT2D eigenvalue weighted by molar-refractivity contribution is 0.0656. The van der Waals surface area contributed by atoms with Crippen LogP contribution >= 0.6 is 0 Å². The Balaban J connectivity index is 1.46. The van der Waals surface area contributed by atoms with Crippen molar-refractivity contribution >= 4 is 15.9 Å². The fraction of sp³-hybridized carbons (Fsp3) is 0.438. The van der Waals surface area contributed by atoms with Crippen LogP contribution in [0.5, 0.6) is 11.5 Å². The highest BCUT2D eigenvalue weighted by Crippen LogP contribution is 2.33. The maximum atomic E-state index is 12.9. The molecule has 27 heavy (non-hydrogen) atoms. The predicted octanol–water partition coefficient (Wildman–Crippen LogP) is 0.296. The summed E-state index contributed by atoms with van der Waals surface area (Å²) in [5.74, 6) is 0.772. The molecule has 1 amide bonds. The van der Waals surface area contributed by atoms with Crippen molar-refractivity contribution in [2.75, 3.05) is 39.4 Å². The molecule has 0 saturated carbocycles. The van der Waals surface area contributed by atoms with Crippen LogP contribution in [0.1, 0.15) is 16.6 Å². The fourth-order valence-corrected chi connectivity index (χ4v) is 4.42. The third kappa shape index (κ3) is 3.35. The van der Waals surface area contributed by atoms with Crippen LogP contribution in [0.25, 0.3) is 0 Å². The number of rotatable bonds is 3. The largest absolute Gasteiger partial charge is 0.486 e. The minimum absolute atomic E-state index is 0.0874. The zero-order valence-corrected chi connectivity index (χ0v) is 15.4. The van der Waals surface area contributed by atoms with Crippen molar-refractivity contribution in [1.82, 2.24) is 19.4 Å². The molecule has 2 aliphatic heterocycles. The summed E-state index contributed by atoms with van der Waals surface area (Å²) >= 11 is 0. The van der Waals surface area contributed by atoms with Gasteiger partial charge in [-0.15, -0.1) is 10.2 Å². The van der Waals surface area contributed by atoms with E-state index in [1.807, 2.05) is 0 Å². The van der Waals surface area contributed by atoms with E-state index in [0.717, 1.165) is 0 Å². The van der Waals surface area contributed by atoms with Gasteiger partial charge in [-0.3, -0.25) is 4.79 Å². The van der Waals surface area contributed by atoms with E-state index in [1.54, 1.807) is 13.0 Å². The second-order valence-electron chi connectivity index (χ2n) is 6.13. The Morgan fingerprint density at radius 3 is 2.41 bits per heavy atom. The molecule has 1 saturated heterocycles. The van der Waals surface area contributed by atoms with Crippen molar-refractivity contribution < 1.29 is 27.1 Å².